The first kappa shape index (κ1) is 14.9. The molecule has 4 nitrogen and oxygen atoms in total. The number of hydrogen-bond donors (Lipinski definition) is 0. The summed E-state index contributed by atoms with van der Waals surface area (Å²) in [5.41, 5.74) is 0.605. The smallest absolute Gasteiger partial charge is 0.262 e. The average Bonchev–Trinajstić information content (AvgIpc) is 2.30. The zero-order valence-electron chi connectivity index (χ0n) is 10.9. The van der Waals surface area contributed by atoms with Crippen molar-refractivity contribution in [2.24, 2.45) is 0 Å². The lowest BCUT2D eigenvalue weighted by Crippen LogP contribution is -2.28. The molecule has 18 heavy (non-hydrogen) atoms. The highest BCUT2D eigenvalue weighted by Crippen LogP contribution is 2.14. The van der Waals surface area contributed by atoms with Crippen LogP contribution in [0.3, 0.4) is 0 Å². The Morgan fingerprint density at radius 1 is 1.44 bits per heavy atom. The molecule has 0 atom stereocenters. The first-order chi connectivity index (χ1) is 8.49. The number of carbonyl (C=O) groups is 1. The van der Waals surface area contributed by atoms with E-state index in [2.05, 4.69) is 0 Å². The van der Waals surface area contributed by atoms with E-state index in [1.807, 2.05) is 13.8 Å². The van der Waals surface area contributed by atoms with Crippen molar-refractivity contribution in [3.63, 3.8) is 0 Å². The van der Waals surface area contributed by atoms with E-state index in [0.29, 0.717) is 13.2 Å². The molecule has 0 aromatic carbocycles. The lowest BCUT2D eigenvalue weighted by molar-refractivity contribution is 0.107. The summed E-state index contributed by atoms with van der Waals surface area (Å²) in [5.74, 6) is 0.208. The molecule has 0 bridgehead atoms. The van der Waals surface area contributed by atoms with Gasteiger partial charge in [0.05, 0.1) is 5.56 Å². The van der Waals surface area contributed by atoms with Crippen molar-refractivity contribution in [1.29, 1.82) is 0 Å². The number of rotatable bonds is 6. The fraction of sp³-hybridized carbons (Fsp3) is 0.538. The van der Waals surface area contributed by atoms with Crippen LogP contribution in [0.4, 0.5) is 0 Å². The average molecular weight is 272 g/mol. The maximum absolute atomic E-state index is 12.1. The van der Waals surface area contributed by atoms with Crippen LogP contribution in [0.2, 0.25) is 0 Å². The van der Waals surface area contributed by atoms with Crippen molar-refractivity contribution < 1.29 is 9.53 Å². The predicted molar refractivity (Wildman–Crippen MR) is 71.5 cm³/mol. The molecular weight excluding hydrogens is 254 g/mol. The minimum atomic E-state index is -0.712. The Morgan fingerprint density at radius 2 is 2.11 bits per heavy atom. The molecule has 0 spiro atoms. The Morgan fingerprint density at radius 3 is 2.61 bits per heavy atom. The molecular formula is C13H18ClNO3. The van der Waals surface area contributed by atoms with Crippen molar-refractivity contribution >= 4 is 16.8 Å². The molecule has 0 N–H and O–H groups in total. The first-order valence-electron chi connectivity index (χ1n) is 5.91. The lowest BCUT2D eigenvalue weighted by Gasteiger charge is -2.16. The molecule has 0 amide bonds. The number of hydrogen-bond acceptors (Lipinski definition) is 3. The van der Waals surface area contributed by atoms with Crippen LogP contribution in [0, 0.1) is 0 Å². The molecule has 100 valence electrons. The SMILES string of the molecule is COCCCn1c(C(C)C)ccc(C(=O)Cl)c1=O. The Hall–Kier alpha value is -1.13. The number of halogens is 1. The third kappa shape index (κ3) is 3.43. The second-order valence-electron chi connectivity index (χ2n) is 4.40. The maximum Gasteiger partial charge on any atom is 0.262 e. The standard InChI is InChI=1S/C13H18ClNO3/c1-9(2)11-6-5-10(12(14)16)13(17)15(11)7-4-8-18-3/h5-6,9H,4,7-8H2,1-3H3. The highest BCUT2D eigenvalue weighted by atomic mass is 35.5. The van der Waals surface area contributed by atoms with Gasteiger partial charge in [-0.1, -0.05) is 13.8 Å². The summed E-state index contributed by atoms with van der Waals surface area (Å²) in [4.78, 5) is 23.3. The number of ether oxygens (including phenoxy) is 1. The summed E-state index contributed by atoms with van der Waals surface area (Å²) in [7, 11) is 1.62. The molecule has 0 radical (unpaired) electrons. The van der Waals surface area contributed by atoms with E-state index in [9.17, 15) is 9.59 Å². The number of carbonyl (C=O) groups excluding carboxylic acids is 1. The second-order valence-corrected chi connectivity index (χ2v) is 4.75. The van der Waals surface area contributed by atoms with Crippen LogP contribution in [-0.4, -0.2) is 23.5 Å². The van der Waals surface area contributed by atoms with Gasteiger partial charge in [0.2, 0.25) is 0 Å². The highest BCUT2D eigenvalue weighted by molar-refractivity contribution is 6.67. The quantitative estimate of drug-likeness (QED) is 0.590. The van der Waals surface area contributed by atoms with Gasteiger partial charge in [0.1, 0.15) is 0 Å². The lowest BCUT2D eigenvalue weighted by atomic mass is 10.1. The summed E-state index contributed by atoms with van der Waals surface area (Å²) in [5, 5.41) is -0.712. The number of methoxy groups -OCH3 is 1. The minimum Gasteiger partial charge on any atom is -0.385 e. The number of pyridine rings is 1. The highest BCUT2D eigenvalue weighted by Gasteiger charge is 2.14. The van der Waals surface area contributed by atoms with Crippen LogP contribution in [0.25, 0.3) is 0 Å². The van der Waals surface area contributed by atoms with Crippen LogP contribution >= 0.6 is 11.6 Å². The Labute approximate surface area is 112 Å². The van der Waals surface area contributed by atoms with Crippen molar-refractivity contribution in [3.8, 4) is 0 Å². The summed E-state index contributed by atoms with van der Waals surface area (Å²) in [6, 6.07) is 3.29. The molecule has 0 fully saturated rings. The van der Waals surface area contributed by atoms with Gasteiger partial charge in [0.15, 0.2) is 0 Å². The molecule has 1 rings (SSSR count). The molecule has 1 heterocycles. The zero-order valence-corrected chi connectivity index (χ0v) is 11.7. The third-order valence-corrected chi connectivity index (χ3v) is 2.95. The van der Waals surface area contributed by atoms with E-state index in [-0.39, 0.29) is 17.0 Å². The molecule has 5 heteroatoms. The van der Waals surface area contributed by atoms with Gasteiger partial charge in [-0.05, 0) is 36.1 Å². The molecule has 0 aliphatic rings. The molecule has 1 aromatic rings. The van der Waals surface area contributed by atoms with Crippen molar-refractivity contribution in [3.05, 3.63) is 33.7 Å². The Kier molecular flexibility index (Phi) is 5.56. The van der Waals surface area contributed by atoms with E-state index < -0.39 is 5.24 Å². The predicted octanol–water partition coefficient (Wildman–Crippen LogP) is 2.39. The minimum absolute atomic E-state index is 0.0264. The number of nitrogens with zero attached hydrogens (tertiary/aromatic N) is 1. The van der Waals surface area contributed by atoms with Gasteiger partial charge in [0, 0.05) is 26.0 Å². The van der Waals surface area contributed by atoms with Crippen molar-refractivity contribution in [2.45, 2.75) is 32.7 Å². The van der Waals surface area contributed by atoms with Crippen LogP contribution in [0.15, 0.2) is 16.9 Å². The van der Waals surface area contributed by atoms with Crippen LogP contribution < -0.4 is 5.56 Å². The van der Waals surface area contributed by atoms with Gasteiger partial charge >= 0.3 is 0 Å². The van der Waals surface area contributed by atoms with Gasteiger partial charge in [-0.25, -0.2) is 0 Å². The Balaban J connectivity index is 3.19. The number of aromatic nitrogens is 1. The van der Waals surface area contributed by atoms with Crippen molar-refractivity contribution in [1.82, 2.24) is 4.57 Å². The second kappa shape index (κ2) is 6.71. The van der Waals surface area contributed by atoms with Gasteiger partial charge in [-0.3, -0.25) is 9.59 Å². The topological polar surface area (TPSA) is 48.3 Å². The summed E-state index contributed by atoms with van der Waals surface area (Å²) >= 11 is 5.40. The fourth-order valence-corrected chi connectivity index (χ4v) is 1.99. The summed E-state index contributed by atoms with van der Waals surface area (Å²) in [6.45, 7) is 5.11. The van der Waals surface area contributed by atoms with E-state index in [1.165, 1.54) is 6.07 Å². The van der Waals surface area contributed by atoms with Crippen molar-refractivity contribution in [2.75, 3.05) is 13.7 Å². The maximum atomic E-state index is 12.1. The third-order valence-electron chi connectivity index (χ3n) is 2.74. The molecule has 0 saturated carbocycles. The fourth-order valence-electron chi connectivity index (χ4n) is 1.84. The van der Waals surface area contributed by atoms with E-state index in [4.69, 9.17) is 16.3 Å². The molecule has 1 aromatic heterocycles. The van der Waals surface area contributed by atoms with E-state index in [1.54, 1.807) is 17.7 Å². The van der Waals surface area contributed by atoms with E-state index in [0.717, 1.165) is 12.1 Å². The molecule has 0 unspecified atom stereocenters. The normalized spacial score (nSPS) is 10.9. The molecule has 0 aliphatic carbocycles. The largest absolute Gasteiger partial charge is 0.385 e. The summed E-state index contributed by atoms with van der Waals surface area (Å²) < 4.78 is 6.58. The molecule has 0 aliphatic heterocycles. The van der Waals surface area contributed by atoms with Gasteiger partial charge < -0.3 is 9.30 Å². The molecule has 0 saturated heterocycles. The Bertz CT molecular complexity index is 480. The van der Waals surface area contributed by atoms with Crippen LogP contribution in [0.1, 0.15) is 42.2 Å². The van der Waals surface area contributed by atoms with Gasteiger partial charge in [-0.2, -0.15) is 0 Å². The first-order valence-corrected chi connectivity index (χ1v) is 6.29. The van der Waals surface area contributed by atoms with Gasteiger partial charge in [-0.15, -0.1) is 0 Å². The van der Waals surface area contributed by atoms with Crippen LogP contribution in [-0.2, 0) is 11.3 Å². The van der Waals surface area contributed by atoms with Gasteiger partial charge in [0.25, 0.3) is 10.8 Å². The van der Waals surface area contributed by atoms with Crippen LogP contribution in [0.5, 0.6) is 0 Å². The van der Waals surface area contributed by atoms with E-state index >= 15 is 0 Å². The summed E-state index contributed by atoms with van der Waals surface area (Å²) in [6.07, 6.45) is 0.718. The monoisotopic (exact) mass is 271 g/mol. The zero-order chi connectivity index (χ0) is 13.7.